The van der Waals surface area contributed by atoms with E-state index in [-0.39, 0.29) is 5.84 Å². The minimum atomic E-state index is 0.122. The quantitative estimate of drug-likeness (QED) is 0.362. The van der Waals surface area contributed by atoms with E-state index in [0.29, 0.717) is 12.2 Å². The first-order valence-electron chi connectivity index (χ1n) is 5.32. The van der Waals surface area contributed by atoms with Crippen molar-refractivity contribution in [2.24, 2.45) is 10.9 Å². The highest BCUT2D eigenvalue weighted by Gasteiger charge is 2.04. The molecule has 1 aromatic heterocycles. The Morgan fingerprint density at radius 3 is 3.00 bits per heavy atom. The summed E-state index contributed by atoms with van der Waals surface area (Å²) >= 11 is 0. The van der Waals surface area contributed by atoms with Crippen LogP contribution in [0.25, 0.3) is 10.9 Å². The number of hydrogen-bond acceptors (Lipinski definition) is 3. The topological polar surface area (TPSA) is 72.8 Å². The third-order valence-electron chi connectivity index (χ3n) is 2.71. The summed E-state index contributed by atoms with van der Waals surface area (Å²) in [6, 6.07) is 7.69. The van der Waals surface area contributed by atoms with E-state index in [1.807, 2.05) is 30.5 Å². The van der Waals surface area contributed by atoms with Crippen LogP contribution in [0.3, 0.4) is 0 Å². The van der Waals surface area contributed by atoms with Crippen molar-refractivity contribution in [3.05, 3.63) is 36.0 Å². The van der Waals surface area contributed by atoms with E-state index in [2.05, 4.69) is 9.72 Å². The molecule has 5 nitrogen and oxygen atoms in total. The Balaban J connectivity index is 2.38. The number of rotatable bonds is 4. The first-order valence-corrected chi connectivity index (χ1v) is 5.32. The molecule has 90 valence electrons. The Morgan fingerprint density at radius 2 is 2.29 bits per heavy atom. The van der Waals surface area contributed by atoms with Crippen LogP contribution in [0.5, 0.6) is 0 Å². The van der Waals surface area contributed by atoms with Crippen LogP contribution in [0.4, 0.5) is 0 Å². The number of oxime groups is 1. The maximum Gasteiger partial charge on any atom is 0.170 e. The second-order valence-electron chi connectivity index (χ2n) is 3.76. The molecule has 0 atom stereocenters. The predicted octanol–water partition coefficient (Wildman–Crippen LogP) is 1.38. The Kier molecular flexibility index (Phi) is 3.30. The Bertz CT molecular complexity index is 546. The molecule has 0 bridgehead atoms. The number of benzene rings is 1. The number of aromatic nitrogens is 1. The fourth-order valence-corrected chi connectivity index (χ4v) is 1.80. The van der Waals surface area contributed by atoms with Crippen LogP contribution >= 0.6 is 0 Å². The molecular formula is C12H15N3O2. The lowest BCUT2D eigenvalue weighted by atomic mass is 10.1. The van der Waals surface area contributed by atoms with Gasteiger partial charge in [0.2, 0.25) is 0 Å². The van der Waals surface area contributed by atoms with Gasteiger partial charge in [0.05, 0.1) is 6.61 Å². The van der Waals surface area contributed by atoms with Gasteiger partial charge >= 0.3 is 0 Å². The number of ether oxygens (including phenoxy) is 1. The third kappa shape index (κ3) is 2.24. The van der Waals surface area contributed by atoms with E-state index in [4.69, 9.17) is 15.7 Å². The van der Waals surface area contributed by atoms with Crippen LogP contribution in [0, 0.1) is 0 Å². The van der Waals surface area contributed by atoms with E-state index in [9.17, 15) is 0 Å². The highest BCUT2D eigenvalue weighted by Crippen LogP contribution is 2.17. The molecule has 0 aliphatic heterocycles. The fourth-order valence-electron chi connectivity index (χ4n) is 1.80. The van der Waals surface area contributed by atoms with Crippen LogP contribution < -0.4 is 5.73 Å². The van der Waals surface area contributed by atoms with Gasteiger partial charge in [-0.15, -0.1) is 0 Å². The zero-order valence-electron chi connectivity index (χ0n) is 9.63. The average molecular weight is 233 g/mol. The molecule has 2 rings (SSSR count). The zero-order valence-corrected chi connectivity index (χ0v) is 9.63. The smallest absolute Gasteiger partial charge is 0.170 e. The average Bonchev–Trinajstić information content (AvgIpc) is 2.77. The number of amidine groups is 1. The summed E-state index contributed by atoms with van der Waals surface area (Å²) in [4.78, 5) is 0. The largest absolute Gasteiger partial charge is 0.409 e. The minimum absolute atomic E-state index is 0.122. The molecule has 3 N–H and O–H groups in total. The molecule has 2 aromatic rings. The van der Waals surface area contributed by atoms with Gasteiger partial charge in [-0.2, -0.15) is 0 Å². The standard InChI is InChI=1S/C12H15N3O2/c1-17-7-6-15-5-4-9-8-10(12(13)14-16)2-3-11(9)15/h2-5,8,16H,6-7H2,1H3,(H2,13,14). The normalized spacial score (nSPS) is 12.2. The molecule has 17 heavy (non-hydrogen) atoms. The Hall–Kier alpha value is -2.01. The van der Waals surface area contributed by atoms with Crippen LogP contribution in [0.1, 0.15) is 5.56 Å². The molecular weight excluding hydrogens is 218 g/mol. The van der Waals surface area contributed by atoms with Crippen molar-refractivity contribution < 1.29 is 9.94 Å². The molecule has 0 saturated carbocycles. The van der Waals surface area contributed by atoms with Crippen molar-refractivity contribution in [3.63, 3.8) is 0 Å². The van der Waals surface area contributed by atoms with Gasteiger partial charge in [0.1, 0.15) is 0 Å². The van der Waals surface area contributed by atoms with Crippen LogP contribution in [-0.4, -0.2) is 29.3 Å². The van der Waals surface area contributed by atoms with Gasteiger partial charge in [0, 0.05) is 36.3 Å². The van der Waals surface area contributed by atoms with Gasteiger partial charge in [-0.05, 0) is 24.3 Å². The fraction of sp³-hybridized carbons (Fsp3) is 0.250. The zero-order chi connectivity index (χ0) is 12.3. The lowest BCUT2D eigenvalue weighted by Gasteiger charge is -2.05. The molecule has 0 amide bonds. The van der Waals surface area contributed by atoms with E-state index < -0.39 is 0 Å². The van der Waals surface area contributed by atoms with Gasteiger partial charge in [0.25, 0.3) is 0 Å². The molecule has 0 radical (unpaired) electrons. The van der Waals surface area contributed by atoms with E-state index >= 15 is 0 Å². The number of fused-ring (bicyclic) bond motifs is 1. The Labute approximate surface area is 99.1 Å². The highest BCUT2D eigenvalue weighted by molar-refractivity contribution is 6.00. The van der Waals surface area contributed by atoms with Crippen LogP contribution in [-0.2, 0) is 11.3 Å². The van der Waals surface area contributed by atoms with Gasteiger partial charge in [-0.3, -0.25) is 0 Å². The van der Waals surface area contributed by atoms with E-state index in [1.165, 1.54) is 0 Å². The predicted molar refractivity (Wildman–Crippen MR) is 66.3 cm³/mol. The summed E-state index contributed by atoms with van der Waals surface area (Å²) in [7, 11) is 1.68. The van der Waals surface area contributed by atoms with Crippen LogP contribution in [0.2, 0.25) is 0 Å². The maximum absolute atomic E-state index is 8.62. The number of hydrogen-bond donors (Lipinski definition) is 2. The second-order valence-corrected chi connectivity index (χ2v) is 3.76. The molecule has 0 aliphatic rings. The number of nitrogens with two attached hydrogens (primary N) is 1. The van der Waals surface area contributed by atoms with Crippen molar-refractivity contribution in [2.75, 3.05) is 13.7 Å². The molecule has 0 spiro atoms. The van der Waals surface area contributed by atoms with Crippen molar-refractivity contribution in [2.45, 2.75) is 6.54 Å². The van der Waals surface area contributed by atoms with Crippen molar-refractivity contribution in [1.29, 1.82) is 0 Å². The third-order valence-corrected chi connectivity index (χ3v) is 2.71. The highest BCUT2D eigenvalue weighted by atomic mass is 16.5. The van der Waals surface area contributed by atoms with Crippen molar-refractivity contribution >= 4 is 16.7 Å². The summed E-state index contributed by atoms with van der Waals surface area (Å²) in [5, 5.41) is 12.7. The Morgan fingerprint density at radius 1 is 1.47 bits per heavy atom. The first-order chi connectivity index (χ1) is 8.26. The monoisotopic (exact) mass is 233 g/mol. The molecule has 1 heterocycles. The van der Waals surface area contributed by atoms with E-state index in [1.54, 1.807) is 7.11 Å². The summed E-state index contributed by atoms with van der Waals surface area (Å²) in [5.41, 5.74) is 7.37. The summed E-state index contributed by atoms with van der Waals surface area (Å²) in [6.45, 7) is 1.48. The second kappa shape index (κ2) is 4.88. The number of methoxy groups -OCH3 is 1. The summed E-state index contributed by atoms with van der Waals surface area (Å²) in [5.74, 6) is 0.122. The molecule has 0 unspecified atom stereocenters. The van der Waals surface area contributed by atoms with Gasteiger partial charge in [-0.1, -0.05) is 5.16 Å². The molecule has 0 aliphatic carbocycles. The lowest BCUT2D eigenvalue weighted by molar-refractivity contribution is 0.188. The van der Waals surface area contributed by atoms with Gasteiger partial charge in [0.15, 0.2) is 5.84 Å². The van der Waals surface area contributed by atoms with Gasteiger partial charge < -0.3 is 20.2 Å². The minimum Gasteiger partial charge on any atom is -0.409 e. The molecule has 0 fully saturated rings. The molecule has 5 heteroatoms. The summed E-state index contributed by atoms with van der Waals surface area (Å²) in [6.07, 6.45) is 2.00. The lowest BCUT2D eigenvalue weighted by Crippen LogP contribution is -2.12. The van der Waals surface area contributed by atoms with Crippen molar-refractivity contribution in [1.82, 2.24) is 4.57 Å². The first kappa shape index (κ1) is 11.5. The maximum atomic E-state index is 8.62. The SMILES string of the molecule is COCCn1ccc2cc(/C(N)=N/O)ccc21. The number of nitrogens with zero attached hydrogens (tertiary/aromatic N) is 2. The molecule has 0 saturated heterocycles. The summed E-state index contributed by atoms with van der Waals surface area (Å²) < 4.78 is 7.16. The van der Waals surface area contributed by atoms with Crippen molar-refractivity contribution in [3.8, 4) is 0 Å². The van der Waals surface area contributed by atoms with E-state index in [0.717, 1.165) is 17.4 Å². The van der Waals surface area contributed by atoms with Gasteiger partial charge in [-0.25, -0.2) is 0 Å². The van der Waals surface area contributed by atoms with Crippen LogP contribution in [0.15, 0.2) is 35.6 Å². The molecule has 1 aromatic carbocycles.